The van der Waals surface area contributed by atoms with Crippen LogP contribution in [0.15, 0.2) is 60.0 Å². The average molecular weight is 434 g/mol. The predicted octanol–water partition coefficient (Wildman–Crippen LogP) is 5.38. The van der Waals surface area contributed by atoms with Crippen LogP contribution in [0.1, 0.15) is 28.0 Å². The van der Waals surface area contributed by atoms with E-state index in [1.54, 1.807) is 11.3 Å². The molecule has 6 heteroatoms. The summed E-state index contributed by atoms with van der Waals surface area (Å²) in [4.78, 5) is 30.1. The minimum Gasteiger partial charge on any atom is -0.326 e. The molecule has 1 saturated heterocycles. The highest BCUT2D eigenvalue weighted by Gasteiger charge is 2.26. The molecule has 0 atom stereocenters. The standard InChI is InChI=1S/C25H27N3O2S/c1-18-13-19(2)15-20(14-18)17-27-10-4-11-28(25(27)30)22-8-6-21(7-9-22)26-24(29)16-23-5-3-12-31-23/h3,5-9,12-15H,4,10-11,16-17H2,1-2H3,(H,26,29). The first kappa shape index (κ1) is 21.1. The van der Waals surface area contributed by atoms with E-state index in [0.717, 1.165) is 34.8 Å². The van der Waals surface area contributed by atoms with Crippen LogP contribution in [0, 0.1) is 13.8 Å². The van der Waals surface area contributed by atoms with Gasteiger partial charge < -0.3 is 10.2 Å². The number of aryl methyl sites for hydroxylation is 2. The number of rotatable bonds is 6. The van der Waals surface area contributed by atoms with Crippen molar-refractivity contribution in [3.05, 3.63) is 81.5 Å². The second-order valence-corrected chi connectivity index (χ2v) is 9.09. The van der Waals surface area contributed by atoms with Crippen LogP contribution in [0.2, 0.25) is 0 Å². The van der Waals surface area contributed by atoms with Crippen molar-refractivity contribution in [3.63, 3.8) is 0 Å². The molecule has 5 nitrogen and oxygen atoms in total. The summed E-state index contributed by atoms with van der Waals surface area (Å²) in [5.41, 5.74) is 5.19. The Morgan fingerprint density at radius 3 is 2.45 bits per heavy atom. The summed E-state index contributed by atoms with van der Waals surface area (Å²) in [6.45, 7) is 6.25. The third-order valence-corrected chi connectivity index (χ3v) is 6.22. The van der Waals surface area contributed by atoms with Gasteiger partial charge in [0.2, 0.25) is 5.91 Å². The first-order chi connectivity index (χ1) is 15.0. The normalized spacial score (nSPS) is 14.1. The Bertz CT molecular complexity index is 1040. The number of carbonyl (C=O) groups is 2. The van der Waals surface area contributed by atoms with E-state index in [0.29, 0.717) is 19.5 Å². The van der Waals surface area contributed by atoms with Crippen LogP contribution in [0.5, 0.6) is 0 Å². The molecule has 0 radical (unpaired) electrons. The lowest BCUT2D eigenvalue weighted by Gasteiger charge is -2.36. The van der Waals surface area contributed by atoms with Gasteiger partial charge in [0.05, 0.1) is 6.42 Å². The fourth-order valence-corrected chi connectivity index (χ4v) is 4.75. The molecule has 0 aliphatic carbocycles. The Hall–Kier alpha value is -3.12. The SMILES string of the molecule is Cc1cc(C)cc(CN2CCCN(c3ccc(NC(=O)Cc4cccs4)cc3)C2=O)c1. The lowest BCUT2D eigenvalue weighted by Crippen LogP contribution is -2.49. The summed E-state index contributed by atoms with van der Waals surface area (Å²) in [6.07, 6.45) is 1.30. The third kappa shape index (κ3) is 5.33. The zero-order valence-corrected chi connectivity index (χ0v) is 18.7. The summed E-state index contributed by atoms with van der Waals surface area (Å²) in [6, 6.07) is 17.9. The quantitative estimate of drug-likeness (QED) is 0.568. The average Bonchev–Trinajstić information content (AvgIpc) is 3.22. The molecule has 3 amide bonds. The maximum atomic E-state index is 13.1. The van der Waals surface area contributed by atoms with Crippen LogP contribution in [-0.2, 0) is 17.8 Å². The Balaban J connectivity index is 1.40. The largest absolute Gasteiger partial charge is 0.326 e. The van der Waals surface area contributed by atoms with Crippen molar-refractivity contribution in [3.8, 4) is 0 Å². The van der Waals surface area contributed by atoms with E-state index < -0.39 is 0 Å². The lowest BCUT2D eigenvalue weighted by atomic mass is 10.1. The van der Waals surface area contributed by atoms with Crippen LogP contribution in [0.3, 0.4) is 0 Å². The second-order valence-electron chi connectivity index (χ2n) is 8.06. The maximum Gasteiger partial charge on any atom is 0.324 e. The minimum absolute atomic E-state index is 0.0277. The van der Waals surface area contributed by atoms with E-state index in [4.69, 9.17) is 0 Å². The topological polar surface area (TPSA) is 52.6 Å². The van der Waals surface area contributed by atoms with Crippen molar-refractivity contribution in [2.24, 2.45) is 0 Å². The molecule has 3 aromatic rings. The summed E-state index contributed by atoms with van der Waals surface area (Å²) in [5.74, 6) is -0.0381. The monoisotopic (exact) mass is 433 g/mol. The molecule has 1 N–H and O–H groups in total. The molecule has 1 aliphatic rings. The number of carbonyl (C=O) groups excluding carboxylic acids is 2. The lowest BCUT2D eigenvalue weighted by molar-refractivity contribution is -0.115. The number of hydrogen-bond donors (Lipinski definition) is 1. The van der Waals surface area contributed by atoms with Gasteiger partial charge in [-0.05, 0) is 61.5 Å². The summed E-state index contributed by atoms with van der Waals surface area (Å²) >= 11 is 1.58. The Labute approximate surface area is 187 Å². The van der Waals surface area contributed by atoms with Gasteiger partial charge in [-0.1, -0.05) is 35.4 Å². The van der Waals surface area contributed by atoms with Crippen molar-refractivity contribution in [2.75, 3.05) is 23.3 Å². The Morgan fingerprint density at radius 2 is 1.77 bits per heavy atom. The van der Waals surface area contributed by atoms with Crippen LogP contribution in [0.4, 0.5) is 16.2 Å². The number of thiophene rings is 1. The Morgan fingerprint density at radius 1 is 1.03 bits per heavy atom. The van der Waals surface area contributed by atoms with Crippen molar-refractivity contribution in [2.45, 2.75) is 33.2 Å². The third-order valence-electron chi connectivity index (χ3n) is 5.34. The highest BCUT2D eigenvalue weighted by Crippen LogP contribution is 2.24. The molecule has 4 rings (SSSR count). The number of nitrogens with one attached hydrogen (secondary N) is 1. The smallest absolute Gasteiger partial charge is 0.324 e. The molecule has 0 spiro atoms. The van der Waals surface area contributed by atoms with E-state index in [2.05, 4.69) is 37.4 Å². The van der Waals surface area contributed by atoms with Crippen molar-refractivity contribution >= 4 is 34.6 Å². The van der Waals surface area contributed by atoms with Crippen LogP contribution in [0.25, 0.3) is 0 Å². The van der Waals surface area contributed by atoms with Crippen molar-refractivity contribution in [1.82, 2.24) is 4.90 Å². The fourth-order valence-electron chi connectivity index (χ4n) is 4.05. The summed E-state index contributed by atoms with van der Waals surface area (Å²) in [5, 5.41) is 4.90. The second kappa shape index (κ2) is 9.35. The first-order valence-corrected chi connectivity index (χ1v) is 11.4. The molecule has 0 unspecified atom stereocenters. The number of nitrogens with zero attached hydrogens (tertiary/aromatic N) is 2. The summed E-state index contributed by atoms with van der Waals surface area (Å²) in [7, 11) is 0. The van der Waals surface area contributed by atoms with Gasteiger partial charge in [0, 0.05) is 35.9 Å². The van der Waals surface area contributed by atoms with Crippen LogP contribution in [-0.4, -0.2) is 29.9 Å². The molecule has 0 bridgehead atoms. The zero-order valence-electron chi connectivity index (χ0n) is 17.9. The number of benzene rings is 2. The van der Waals surface area contributed by atoms with Gasteiger partial charge in [-0.25, -0.2) is 4.79 Å². The molecule has 1 aliphatic heterocycles. The van der Waals surface area contributed by atoms with E-state index in [1.165, 1.54) is 11.1 Å². The highest BCUT2D eigenvalue weighted by atomic mass is 32.1. The maximum absolute atomic E-state index is 13.1. The molecule has 1 fully saturated rings. The molecule has 2 aromatic carbocycles. The van der Waals surface area contributed by atoms with Gasteiger partial charge in [0.1, 0.15) is 0 Å². The predicted molar refractivity (Wildman–Crippen MR) is 127 cm³/mol. The molecule has 2 heterocycles. The van der Waals surface area contributed by atoms with Gasteiger partial charge in [-0.2, -0.15) is 0 Å². The molecule has 31 heavy (non-hydrogen) atoms. The van der Waals surface area contributed by atoms with Crippen molar-refractivity contribution < 1.29 is 9.59 Å². The summed E-state index contributed by atoms with van der Waals surface area (Å²) < 4.78 is 0. The molecular formula is C25H27N3O2S. The molecular weight excluding hydrogens is 406 g/mol. The number of amides is 3. The van der Waals surface area contributed by atoms with E-state index >= 15 is 0 Å². The molecule has 0 saturated carbocycles. The highest BCUT2D eigenvalue weighted by molar-refractivity contribution is 7.10. The fraction of sp³-hybridized carbons (Fsp3) is 0.280. The van der Waals surface area contributed by atoms with Gasteiger partial charge in [0.15, 0.2) is 0 Å². The zero-order chi connectivity index (χ0) is 21.8. The van der Waals surface area contributed by atoms with E-state index in [1.807, 2.05) is 51.6 Å². The number of hydrogen-bond acceptors (Lipinski definition) is 3. The first-order valence-electron chi connectivity index (χ1n) is 10.5. The number of anilines is 2. The Kier molecular flexibility index (Phi) is 6.37. The number of urea groups is 1. The van der Waals surface area contributed by atoms with Crippen molar-refractivity contribution in [1.29, 1.82) is 0 Å². The molecule has 1 aromatic heterocycles. The van der Waals surface area contributed by atoms with E-state index in [9.17, 15) is 9.59 Å². The molecule has 160 valence electrons. The van der Waals surface area contributed by atoms with Gasteiger partial charge in [-0.3, -0.25) is 9.69 Å². The van der Waals surface area contributed by atoms with Gasteiger partial charge in [0.25, 0.3) is 0 Å². The van der Waals surface area contributed by atoms with Gasteiger partial charge >= 0.3 is 6.03 Å². The van der Waals surface area contributed by atoms with Crippen LogP contribution < -0.4 is 10.2 Å². The van der Waals surface area contributed by atoms with Crippen LogP contribution >= 0.6 is 11.3 Å². The van der Waals surface area contributed by atoms with E-state index in [-0.39, 0.29) is 11.9 Å². The minimum atomic E-state index is -0.0381. The van der Waals surface area contributed by atoms with Gasteiger partial charge in [-0.15, -0.1) is 11.3 Å².